The van der Waals surface area contributed by atoms with E-state index in [9.17, 15) is 0 Å². The summed E-state index contributed by atoms with van der Waals surface area (Å²) in [6.07, 6.45) is 3.88. The third kappa shape index (κ3) is 2.36. The fourth-order valence-electron chi connectivity index (χ4n) is 2.40. The monoisotopic (exact) mass is 189 g/mol. The molecule has 1 aromatic carbocycles. The van der Waals surface area contributed by atoms with Crippen LogP contribution in [-0.4, -0.2) is 12.6 Å². The molecular formula is C13H19N. The Kier molecular flexibility index (Phi) is 2.87. The van der Waals surface area contributed by atoms with Gasteiger partial charge in [-0.1, -0.05) is 29.3 Å². The lowest BCUT2D eigenvalue weighted by Gasteiger charge is -2.11. The van der Waals surface area contributed by atoms with Crippen molar-refractivity contribution < 1.29 is 0 Å². The third-order valence-electron chi connectivity index (χ3n) is 2.93. The van der Waals surface area contributed by atoms with Gasteiger partial charge in [-0.2, -0.15) is 0 Å². The Hall–Kier alpha value is -0.820. The standard InChI is InChI=1S/C13H19N/c1-10-6-11(2)8-12(7-10)9-13-4-3-5-14-13/h6-8,13-14H,3-5,9H2,1-2H3. The second kappa shape index (κ2) is 4.14. The summed E-state index contributed by atoms with van der Waals surface area (Å²) in [5, 5.41) is 3.54. The fraction of sp³-hybridized carbons (Fsp3) is 0.538. The first kappa shape index (κ1) is 9.72. The van der Waals surface area contributed by atoms with Crippen molar-refractivity contribution in [2.75, 3.05) is 6.54 Å². The number of hydrogen-bond donors (Lipinski definition) is 1. The van der Waals surface area contributed by atoms with Crippen LogP contribution in [0.4, 0.5) is 0 Å². The van der Waals surface area contributed by atoms with Gasteiger partial charge in [-0.15, -0.1) is 0 Å². The van der Waals surface area contributed by atoms with Crippen molar-refractivity contribution in [3.63, 3.8) is 0 Å². The molecule has 1 fully saturated rings. The number of benzene rings is 1. The van der Waals surface area contributed by atoms with E-state index in [1.54, 1.807) is 0 Å². The van der Waals surface area contributed by atoms with Crippen LogP contribution in [-0.2, 0) is 6.42 Å². The van der Waals surface area contributed by atoms with E-state index in [0.29, 0.717) is 0 Å². The van der Waals surface area contributed by atoms with Crippen LogP contribution < -0.4 is 5.32 Å². The molecule has 1 aromatic rings. The summed E-state index contributed by atoms with van der Waals surface area (Å²) in [4.78, 5) is 0. The fourth-order valence-corrected chi connectivity index (χ4v) is 2.40. The Bertz CT molecular complexity index is 291. The molecule has 0 amide bonds. The van der Waals surface area contributed by atoms with Crippen molar-refractivity contribution in [1.82, 2.24) is 5.32 Å². The molecule has 0 saturated carbocycles. The van der Waals surface area contributed by atoms with Crippen molar-refractivity contribution in [3.8, 4) is 0 Å². The van der Waals surface area contributed by atoms with Crippen molar-refractivity contribution in [3.05, 3.63) is 34.9 Å². The van der Waals surface area contributed by atoms with Gasteiger partial charge in [-0.3, -0.25) is 0 Å². The first-order valence-electron chi connectivity index (χ1n) is 5.54. The van der Waals surface area contributed by atoms with E-state index in [1.807, 2.05) is 0 Å². The van der Waals surface area contributed by atoms with Crippen LogP contribution in [0, 0.1) is 13.8 Å². The minimum absolute atomic E-state index is 0.719. The summed E-state index contributed by atoms with van der Waals surface area (Å²) in [5.41, 5.74) is 4.26. The largest absolute Gasteiger partial charge is 0.314 e. The Morgan fingerprint density at radius 1 is 1.21 bits per heavy atom. The zero-order chi connectivity index (χ0) is 9.97. The van der Waals surface area contributed by atoms with E-state index in [0.717, 1.165) is 6.04 Å². The lowest BCUT2D eigenvalue weighted by molar-refractivity contribution is 0.603. The zero-order valence-electron chi connectivity index (χ0n) is 9.14. The number of nitrogens with one attached hydrogen (secondary N) is 1. The maximum Gasteiger partial charge on any atom is 0.0108 e. The molecular weight excluding hydrogens is 170 g/mol. The summed E-state index contributed by atoms with van der Waals surface area (Å²) in [6.45, 7) is 5.56. The van der Waals surface area contributed by atoms with Crippen LogP contribution in [0.1, 0.15) is 29.5 Å². The van der Waals surface area contributed by atoms with Gasteiger partial charge < -0.3 is 5.32 Å². The van der Waals surface area contributed by atoms with Gasteiger partial charge in [0.25, 0.3) is 0 Å². The van der Waals surface area contributed by atoms with Crippen LogP contribution >= 0.6 is 0 Å². The summed E-state index contributed by atoms with van der Waals surface area (Å²) in [6, 6.07) is 7.59. The van der Waals surface area contributed by atoms with Crippen molar-refractivity contribution in [2.24, 2.45) is 0 Å². The summed E-state index contributed by atoms with van der Waals surface area (Å²) in [7, 11) is 0. The number of rotatable bonds is 2. The Morgan fingerprint density at radius 3 is 2.50 bits per heavy atom. The lowest BCUT2D eigenvalue weighted by atomic mass is 10.0. The molecule has 1 aliphatic rings. The predicted molar refractivity (Wildman–Crippen MR) is 60.6 cm³/mol. The molecule has 0 radical (unpaired) electrons. The van der Waals surface area contributed by atoms with Gasteiger partial charge >= 0.3 is 0 Å². The molecule has 76 valence electrons. The second-order valence-electron chi connectivity index (χ2n) is 4.49. The Morgan fingerprint density at radius 2 is 1.93 bits per heavy atom. The van der Waals surface area contributed by atoms with Crippen molar-refractivity contribution in [1.29, 1.82) is 0 Å². The highest BCUT2D eigenvalue weighted by Crippen LogP contribution is 2.15. The minimum atomic E-state index is 0.719. The molecule has 1 nitrogen and oxygen atoms in total. The van der Waals surface area contributed by atoms with Gasteiger partial charge in [0.2, 0.25) is 0 Å². The van der Waals surface area contributed by atoms with Gasteiger partial charge in [-0.25, -0.2) is 0 Å². The number of hydrogen-bond acceptors (Lipinski definition) is 1. The molecule has 1 heterocycles. The van der Waals surface area contributed by atoms with E-state index < -0.39 is 0 Å². The topological polar surface area (TPSA) is 12.0 Å². The Labute approximate surface area is 86.5 Å². The van der Waals surface area contributed by atoms with Crippen LogP contribution in [0.15, 0.2) is 18.2 Å². The SMILES string of the molecule is Cc1cc(C)cc(CC2CCCN2)c1. The van der Waals surface area contributed by atoms with Gasteiger partial charge in [-0.05, 0) is 45.2 Å². The molecule has 0 bridgehead atoms. The van der Waals surface area contributed by atoms with Crippen molar-refractivity contribution in [2.45, 2.75) is 39.2 Å². The van der Waals surface area contributed by atoms with Crippen LogP contribution in [0.25, 0.3) is 0 Å². The van der Waals surface area contributed by atoms with E-state index in [2.05, 4.69) is 37.4 Å². The van der Waals surface area contributed by atoms with Gasteiger partial charge in [0.15, 0.2) is 0 Å². The highest BCUT2D eigenvalue weighted by molar-refractivity contribution is 5.29. The van der Waals surface area contributed by atoms with E-state index in [4.69, 9.17) is 0 Å². The molecule has 1 saturated heterocycles. The molecule has 0 aromatic heterocycles. The molecule has 1 N–H and O–H groups in total. The molecule has 0 aliphatic carbocycles. The normalized spacial score (nSPS) is 21.4. The predicted octanol–water partition coefficient (Wildman–Crippen LogP) is 2.60. The van der Waals surface area contributed by atoms with Crippen molar-refractivity contribution >= 4 is 0 Å². The number of aryl methyl sites for hydroxylation is 2. The molecule has 14 heavy (non-hydrogen) atoms. The van der Waals surface area contributed by atoms with Crippen LogP contribution in [0.5, 0.6) is 0 Å². The van der Waals surface area contributed by atoms with E-state index in [-0.39, 0.29) is 0 Å². The summed E-state index contributed by atoms with van der Waals surface area (Å²) >= 11 is 0. The quantitative estimate of drug-likeness (QED) is 0.754. The van der Waals surface area contributed by atoms with Gasteiger partial charge in [0.1, 0.15) is 0 Å². The minimum Gasteiger partial charge on any atom is -0.314 e. The maximum absolute atomic E-state index is 3.54. The van der Waals surface area contributed by atoms with Crippen LogP contribution in [0.2, 0.25) is 0 Å². The molecule has 1 aliphatic heterocycles. The average Bonchev–Trinajstić information content (AvgIpc) is 2.54. The third-order valence-corrected chi connectivity index (χ3v) is 2.93. The highest BCUT2D eigenvalue weighted by atomic mass is 14.9. The maximum atomic E-state index is 3.54. The molecule has 1 unspecified atom stereocenters. The van der Waals surface area contributed by atoms with Gasteiger partial charge in [0, 0.05) is 6.04 Å². The highest BCUT2D eigenvalue weighted by Gasteiger charge is 2.14. The second-order valence-corrected chi connectivity index (χ2v) is 4.49. The lowest BCUT2D eigenvalue weighted by Crippen LogP contribution is -2.23. The smallest absolute Gasteiger partial charge is 0.0108 e. The summed E-state index contributed by atoms with van der Waals surface area (Å²) < 4.78 is 0. The van der Waals surface area contributed by atoms with Gasteiger partial charge in [0.05, 0.1) is 0 Å². The van der Waals surface area contributed by atoms with E-state index >= 15 is 0 Å². The van der Waals surface area contributed by atoms with E-state index in [1.165, 1.54) is 42.5 Å². The molecule has 1 atom stereocenters. The Balaban J connectivity index is 2.07. The average molecular weight is 189 g/mol. The molecule has 2 rings (SSSR count). The first-order valence-corrected chi connectivity index (χ1v) is 5.54. The van der Waals surface area contributed by atoms with Crippen LogP contribution in [0.3, 0.4) is 0 Å². The summed E-state index contributed by atoms with van der Waals surface area (Å²) in [5.74, 6) is 0. The molecule has 0 spiro atoms. The zero-order valence-corrected chi connectivity index (χ0v) is 9.14. The first-order chi connectivity index (χ1) is 6.74. The molecule has 1 heteroatoms.